The van der Waals surface area contributed by atoms with Gasteiger partial charge >= 0.3 is 0 Å². The predicted molar refractivity (Wildman–Crippen MR) is 247 cm³/mol. The molecular formula is C54H78N4O. The van der Waals surface area contributed by atoms with Crippen LogP contribution >= 0.6 is 0 Å². The first-order valence-electron chi connectivity index (χ1n) is 24.6. The molecule has 2 aliphatic carbocycles. The van der Waals surface area contributed by atoms with Gasteiger partial charge < -0.3 is 4.74 Å². The summed E-state index contributed by atoms with van der Waals surface area (Å²) < 4.78 is 7.68. The van der Waals surface area contributed by atoms with E-state index in [4.69, 9.17) is 24.7 Å². The molecular weight excluding hydrogens is 721 g/mol. The van der Waals surface area contributed by atoms with Crippen molar-refractivity contribution in [1.29, 1.82) is 0 Å². The van der Waals surface area contributed by atoms with Crippen molar-refractivity contribution >= 4 is 0 Å². The topological polar surface area (TPSA) is 60.8 Å². The molecule has 0 aliphatic heterocycles. The number of aryl methyl sites for hydroxylation is 2. The number of rotatable bonds is 24. The van der Waals surface area contributed by atoms with Crippen LogP contribution in [0.25, 0.3) is 22.5 Å². The van der Waals surface area contributed by atoms with Crippen molar-refractivity contribution in [3.05, 3.63) is 95.8 Å². The molecule has 2 aromatic heterocycles. The summed E-state index contributed by atoms with van der Waals surface area (Å²) in [6.45, 7) is 9.22. The van der Waals surface area contributed by atoms with E-state index in [1.165, 1.54) is 152 Å². The zero-order chi connectivity index (χ0) is 41.1. The Labute approximate surface area is 359 Å². The molecule has 2 aliphatic rings. The van der Waals surface area contributed by atoms with E-state index in [2.05, 4.69) is 76.2 Å². The Kier molecular flexibility index (Phi) is 18.9. The van der Waals surface area contributed by atoms with Gasteiger partial charge in [0, 0.05) is 23.5 Å². The minimum Gasteiger partial charge on any atom is -0.365 e. The van der Waals surface area contributed by atoms with Gasteiger partial charge in [0.05, 0.1) is 47.4 Å². The summed E-state index contributed by atoms with van der Waals surface area (Å²) in [5.74, 6) is 2.75. The SMILES string of the molecule is CCCCCCCc1cnc(-c2ccc(C(OC(c3ccc(-c4cnc(CCCCCCC)cn4)cc3)C3CCC(CCC)CC3)C3CCC(CCC)CC3)cc2)cn1. The molecule has 5 nitrogen and oxygen atoms in total. The third-order valence-electron chi connectivity index (χ3n) is 13.9. The molecule has 2 fully saturated rings. The molecule has 2 saturated carbocycles. The summed E-state index contributed by atoms with van der Waals surface area (Å²) in [4.78, 5) is 19.4. The second-order valence-electron chi connectivity index (χ2n) is 18.5. The molecule has 59 heavy (non-hydrogen) atoms. The number of hydrogen-bond donors (Lipinski definition) is 0. The maximum atomic E-state index is 7.68. The fourth-order valence-corrected chi connectivity index (χ4v) is 10.2. The zero-order valence-electron chi connectivity index (χ0n) is 37.6. The summed E-state index contributed by atoms with van der Waals surface area (Å²) >= 11 is 0. The van der Waals surface area contributed by atoms with E-state index in [0.717, 1.165) is 58.6 Å². The quantitative estimate of drug-likeness (QED) is 0.0661. The normalized spacial score (nSPS) is 20.7. The van der Waals surface area contributed by atoms with Crippen LogP contribution in [0.1, 0.15) is 204 Å². The number of benzene rings is 2. The standard InChI is InChI=1S/C54H78N4O/c1-5-9-11-13-15-19-49-37-57-51(39-55-49)43-29-33-47(34-30-43)53(45-25-21-41(17-7-3)22-26-45)59-54(46-27-23-42(18-8-4)24-28-46)48-35-31-44(32-36-48)52-40-56-50(38-58-52)20-16-14-12-10-6-2/h29-42,45-46,53-54H,5-28H2,1-4H3. The van der Waals surface area contributed by atoms with Gasteiger partial charge in [-0.1, -0.05) is 179 Å². The van der Waals surface area contributed by atoms with E-state index in [-0.39, 0.29) is 12.2 Å². The third kappa shape index (κ3) is 13.8. The van der Waals surface area contributed by atoms with Gasteiger partial charge in [-0.3, -0.25) is 19.9 Å². The van der Waals surface area contributed by atoms with Gasteiger partial charge in [0.25, 0.3) is 0 Å². The fourth-order valence-electron chi connectivity index (χ4n) is 10.2. The lowest BCUT2D eigenvalue weighted by molar-refractivity contribution is -0.0907. The van der Waals surface area contributed by atoms with E-state index >= 15 is 0 Å². The average molecular weight is 799 g/mol. The summed E-state index contributed by atoms with van der Waals surface area (Å²) in [6, 6.07) is 18.4. The Morgan fingerprint density at radius 3 is 1.17 bits per heavy atom. The molecule has 5 heteroatoms. The third-order valence-corrected chi connectivity index (χ3v) is 13.9. The van der Waals surface area contributed by atoms with Gasteiger partial charge in [-0.05, 0) is 86.2 Å². The molecule has 2 unspecified atom stereocenters. The van der Waals surface area contributed by atoms with E-state index in [9.17, 15) is 0 Å². The summed E-state index contributed by atoms with van der Waals surface area (Å²) in [6.07, 6.45) is 38.4. The molecule has 0 saturated heterocycles. The number of unbranched alkanes of at least 4 members (excludes halogenated alkanes) is 8. The lowest BCUT2D eigenvalue weighted by Gasteiger charge is -2.40. The second kappa shape index (κ2) is 24.7. The highest BCUT2D eigenvalue weighted by molar-refractivity contribution is 5.59. The lowest BCUT2D eigenvalue weighted by atomic mass is 9.75. The Hall–Kier alpha value is -3.44. The van der Waals surface area contributed by atoms with Gasteiger partial charge in [0.1, 0.15) is 0 Å². The Morgan fingerprint density at radius 1 is 0.441 bits per heavy atom. The van der Waals surface area contributed by atoms with Gasteiger partial charge in [0.15, 0.2) is 0 Å². The number of ether oxygens (including phenoxy) is 1. The largest absolute Gasteiger partial charge is 0.365 e. The maximum absolute atomic E-state index is 7.68. The van der Waals surface area contributed by atoms with Gasteiger partial charge in [-0.2, -0.15) is 0 Å². The minimum absolute atomic E-state index is 0.0613. The zero-order valence-corrected chi connectivity index (χ0v) is 37.6. The molecule has 6 rings (SSSR count). The van der Waals surface area contributed by atoms with Crippen molar-refractivity contribution in [2.75, 3.05) is 0 Å². The van der Waals surface area contributed by atoms with Gasteiger partial charge in [-0.25, -0.2) is 0 Å². The summed E-state index contributed by atoms with van der Waals surface area (Å²) in [5, 5.41) is 0. The van der Waals surface area contributed by atoms with E-state index in [1.807, 2.05) is 24.8 Å². The van der Waals surface area contributed by atoms with Crippen LogP contribution in [0.3, 0.4) is 0 Å². The van der Waals surface area contributed by atoms with E-state index in [1.54, 1.807) is 0 Å². The predicted octanol–water partition coefficient (Wildman–Crippen LogP) is 15.6. The fraction of sp³-hybridized carbons (Fsp3) is 0.630. The van der Waals surface area contributed by atoms with Gasteiger partial charge in [0.2, 0.25) is 0 Å². The highest BCUT2D eigenvalue weighted by atomic mass is 16.5. The molecule has 0 N–H and O–H groups in total. The van der Waals surface area contributed by atoms with Crippen molar-refractivity contribution in [2.45, 2.75) is 194 Å². The van der Waals surface area contributed by atoms with Crippen molar-refractivity contribution < 1.29 is 4.74 Å². The first-order chi connectivity index (χ1) is 29.1. The van der Waals surface area contributed by atoms with Crippen LogP contribution in [0.15, 0.2) is 73.3 Å². The monoisotopic (exact) mass is 799 g/mol. The Balaban J connectivity index is 1.21. The van der Waals surface area contributed by atoms with Crippen LogP contribution in [-0.2, 0) is 17.6 Å². The molecule has 0 spiro atoms. The first kappa shape index (κ1) is 45.1. The van der Waals surface area contributed by atoms with Crippen LogP contribution in [0, 0.1) is 23.7 Å². The molecule has 2 heterocycles. The summed E-state index contributed by atoms with van der Waals surface area (Å²) in [5.41, 5.74) is 8.99. The second-order valence-corrected chi connectivity index (χ2v) is 18.5. The highest BCUT2D eigenvalue weighted by Crippen LogP contribution is 2.47. The maximum Gasteiger partial charge on any atom is 0.0885 e. The smallest absolute Gasteiger partial charge is 0.0885 e. The molecule has 4 aromatic rings. The molecule has 2 aromatic carbocycles. The highest BCUT2D eigenvalue weighted by Gasteiger charge is 2.36. The van der Waals surface area contributed by atoms with E-state index < -0.39 is 0 Å². The Morgan fingerprint density at radius 2 is 0.831 bits per heavy atom. The molecule has 0 amide bonds. The first-order valence-corrected chi connectivity index (χ1v) is 24.6. The van der Waals surface area contributed by atoms with Gasteiger partial charge in [-0.15, -0.1) is 0 Å². The van der Waals surface area contributed by atoms with Crippen LogP contribution in [-0.4, -0.2) is 19.9 Å². The minimum atomic E-state index is 0.0613. The molecule has 320 valence electrons. The van der Waals surface area contributed by atoms with Crippen LogP contribution in [0.5, 0.6) is 0 Å². The van der Waals surface area contributed by atoms with E-state index in [0.29, 0.717) is 11.8 Å². The summed E-state index contributed by atoms with van der Waals surface area (Å²) in [7, 11) is 0. The van der Waals surface area contributed by atoms with Crippen LogP contribution in [0.4, 0.5) is 0 Å². The van der Waals surface area contributed by atoms with Crippen molar-refractivity contribution in [1.82, 2.24) is 19.9 Å². The molecule has 0 bridgehead atoms. The van der Waals surface area contributed by atoms with Crippen LogP contribution < -0.4 is 0 Å². The average Bonchev–Trinajstić information content (AvgIpc) is 3.28. The number of nitrogens with zero attached hydrogens (tertiary/aromatic N) is 4. The van der Waals surface area contributed by atoms with Crippen molar-refractivity contribution in [3.63, 3.8) is 0 Å². The van der Waals surface area contributed by atoms with Crippen molar-refractivity contribution in [3.8, 4) is 22.5 Å². The van der Waals surface area contributed by atoms with Crippen molar-refractivity contribution in [2.24, 2.45) is 23.7 Å². The molecule has 0 radical (unpaired) electrons. The lowest BCUT2D eigenvalue weighted by Crippen LogP contribution is -2.28. The van der Waals surface area contributed by atoms with Crippen LogP contribution in [0.2, 0.25) is 0 Å². The Bertz CT molecular complexity index is 1580. The number of hydrogen-bond acceptors (Lipinski definition) is 5. The number of aromatic nitrogens is 4. The molecule has 2 atom stereocenters.